The minimum Gasteiger partial charge on any atom is -0.444 e. The summed E-state index contributed by atoms with van der Waals surface area (Å²) in [5.74, 6) is -0.0385. The molecule has 0 saturated heterocycles. The molecule has 7 nitrogen and oxygen atoms in total. The number of rotatable bonds is 14. The number of nitrogens with zero attached hydrogens (tertiary/aromatic N) is 1. The van der Waals surface area contributed by atoms with Gasteiger partial charge in [-0.1, -0.05) is 74.7 Å². The number of amides is 3. The van der Waals surface area contributed by atoms with E-state index in [1.165, 1.54) is 0 Å². The number of hydrogen-bond acceptors (Lipinski definition) is 5. The maximum absolute atomic E-state index is 14.3. The molecule has 0 bridgehead atoms. The molecule has 0 radical (unpaired) electrons. The average molecular weight is 604 g/mol. The second kappa shape index (κ2) is 16.7. The maximum atomic E-state index is 14.3. The van der Waals surface area contributed by atoms with Gasteiger partial charge in [-0.3, -0.25) is 9.59 Å². The highest BCUT2D eigenvalue weighted by Crippen LogP contribution is 2.30. The van der Waals surface area contributed by atoms with E-state index >= 15 is 0 Å². The highest BCUT2D eigenvalue weighted by Gasteiger charge is 2.36. The van der Waals surface area contributed by atoms with Crippen LogP contribution >= 0.6 is 23.4 Å². The fourth-order valence-electron chi connectivity index (χ4n) is 4.43. The summed E-state index contributed by atoms with van der Waals surface area (Å²) in [7, 11) is 0. The monoisotopic (exact) mass is 603 g/mol. The van der Waals surface area contributed by atoms with Crippen molar-refractivity contribution in [1.29, 1.82) is 0 Å². The van der Waals surface area contributed by atoms with E-state index in [-0.39, 0.29) is 11.8 Å². The molecule has 0 spiro atoms. The van der Waals surface area contributed by atoms with Crippen molar-refractivity contribution in [2.45, 2.75) is 91.3 Å². The van der Waals surface area contributed by atoms with Gasteiger partial charge >= 0.3 is 6.09 Å². The highest BCUT2D eigenvalue weighted by molar-refractivity contribution is 7.98. The first-order chi connectivity index (χ1) is 19.4. The van der Waals surface area contributed by atoms with Crippen LogP contribution in [0.25, 0.3) is 0 Å². The number of nitrogens with one attached hydrogen (secondary N) is 2. The largest absolute Gasteiger partial charge is 0.444 e. The molecule has 0 heterocycles. The lowest BCUT2D eigenvalue weighted by atomic mass is 9.99. The van der Waals surface area contributed by atoms with Crippen LogP contribution in [0.3, 0.4) is 0 Å². The zero-order chi connectivity index (χ0) is 30.6. The number of halogens is 1. The number of unbranched alkanes of at least 4 members (excludes halogenated alkanes) is 2. The van der Waals surface area contributed by atoms with Crippen molar-refractivity contribution in [3.05, 3.63) is 64.2 Å². The number of alkyl carbamates (subject to hydrolysis) is 1. The van der Waals surface area contributed by atoms with E-state index in [0.717, 1.165) is 30.4 Å². The fraction of sp³-hybridized carbons (Fsp3) is 0.531. The van der Waals surface area contributed by atoms with E-state index in [1.807, 2.05) is 49.6 Å². The van der Waals surface area contributed by atoms with Crippen molar-refractivity contribution < 1.29 is 19.1 Å². The second-order valence-electron chi connectivity index (χ2n) is 11.1. The predicted octanol–water partition coefficient (Wildman–Crippen LogP) is 7.56. The number of benzene rings is 2. The summed E-state index contributed by atoms with van der Waals surface area (Å²) in [6.45, 7) is 11.7. The number of para-hydroxylation sites is 1. The minimum absolute atomic E-state index is 0.323. The number of hydrogen-bond donors (Lipinski definition) is 2. The Kier molecular flexibility index (Phi) is 14.0. The molecule has 41 heavy (non-hydrogen) atoms. The normalized spacial score (nSPS) is 12.8. The van der Waals surface area contributed by atoms with Crippen molar-refractivity contribution in [3.8, 4) is 0 Å². The van der Waals surface area contributed by atoms with Crippen molar-refractivity contribution >= 4 is 47.0 Å². The minimum atomic E-state index is -0.932. The predicted molar refractivity (Wildman–Crippen MR) is 171 cm³/mol. The zero-order valence-corrected chi connectivity index (χ0v) is 27.1. The van der Waals surface area contributed by atoms with Gasteiger partial charge in [0, 0.05) is 6.54 Å². The first kappa shape index (κ1) is 34.5. The van der Waals surface area contributed by atoms with Crippen LogP contribution in [-0.2, 0) is 20.7 Å². The van der Waals surface area contributed by atoms with Crippen LogP contribution in [0.5, 0.6) is 0 Å². The van der Waals surface area contributed by atoms with Gasteiger partial charge in [0.2, 0.25) is 5.91 Å². The molecule has 0 saturated carbocycles. The molecule has 0 fully saturated rings. The smallest absolute Gasteiger partial charge is 0.408 e. The lowest BCUT2D eigenvalue weighted by Crippen LogP contribution is -2.52. The first-order valence-corrected chi connectivity index (χ1v) is 16.1. The Balaban J connectivity index is 2.57. The van der Waals surface area contributed by atoms with Gasteiger partial charge < -0.3 is 20.3 Å². The van der Waals surface area contributed by atoms with E-state index < -0.39 is 23.8 Å². The quantitative estimate of drug-likeness (QED) is 0.218. The molecule has 0 aliphatic rings. The topological polar surface area (TPSA) is 87.7 Å². The van der Waals surface area contributed by atoms with E-state index in [4.69, 9.17) is 16.3 Å². The molecule has 9 heteroatoms. The summed E-state index contributed by atoms with van der Waals surface area (Å²) in [4.78, 5) is 42.8. The Morgan fingerprint density at radius 2 is 1.73 bits per heavy atom. The molecule has 3 amide bonds. The van der Waals surface area contributed by atoms with Crippen LogP contribution in [0.15, 0.2) is 42.5 Å². The van der Waals surface area contributed by atoms with E-state index in [1.54, 1.807) is 43.5 Å². The van der Waals surface area contributed by atoms with E-state index in [2.05, 4.69) is 24.5 Å². The number of carbonyl (C=O) groups excluding carboxylic acids is 3. The number of anilines is 1. The molecule has 2 aromatic rings. The van der Waals surface area contributed by atoms with Crippen LogP contribution in [0.4, 0.5) is 10.5 Å². The number of carbonyl (C=O) groups is 3. The molecule has 2 atom stereocenters. The molecule has 0 aliphatic heterocycles. The Labute approximate surface area is 255 Å². The van der Waals surface area contributed by atoms with Crippen molar-refractivity contribution in [3.63, 3.8) is 0 Å². The van der Waals surface area contributed by atoms with Crippen LogP contribution in [0, 0.1) is 6.92 Å². The van der Waals surface area contributed by atoms with Gasteiger partial charge in [-0.15, -0.1) is 0 Å². The molecule has 226 valence electrons. The SMILES string of the molecule is CCCCCN(C(=O)C(CCSC)NC(=O)OC(C)(C)C)C(C(=O)Nc1c(C)cccc1Cl)c1ccc(CC)cc1. The van der Waals surface area contributed by atoms with Gasteiger partial charge in [-0.25, -0.2) is 4.79 Å². The van der Waals surface area contributed by atoms with Crippen LogP contribution < -0.4 is 10.6 Å². The van der Waals surface area contributed by atoms with Gasteiger partial charge in [-0.05, 0) is 81.7 Å². The van der Waals surface area contributed by atoms with Crippen molar-refractivity contribution in [1.82, 2.24) is 10.2 Å². The summed E-state index contributed by atoms with van der Waals surface area (Å²) in [5, 5.41) is 6.22. The van der Waals surface area contributed by atoms with Crippen LogP contribution in [0.1, 0.15) is 83.0 Å². The van der Waals surface area contributed by atoms with E-state index in [0.29, 0.717) is 41.4 Å². The second-order valence-corrected chi connectivity index (χ2v) is 12.5. The van der Waals surface area contributed by atoms with Gasteiger partial charge in [0.25, 0.3) is 5.91 Å². The van der Waals surface area contributed by atoms with Crippen LogP contribution in [0.2, 0.25) is 5.02 Å². The number of ether oxygens (including phenoxy) is 1. The molecular formula is C32H46ClN3O4S. The Hall–Kier alpha value is -2.71. The molecule has 0 aromatic heterocycles. The lowest BCUT2D eigenvalue weighted by Gasteiger charge is -2.35. The molecule has 2 rings (SSSR count). The standard InChI is InChI=1S/C32H46ClN3O4S/c1-8-10-11-20-36(30(38)26(19-21-41-7)34-31(39)40-32(4,5)6)28(24-17-15-23(9-2)16-18-24)29(37)35-27-22(3)13-12-14-25(27)33/h12-18,26,28H,8-11,19-21H2,1-7H3,(H,34,39)(H,35,37). The summed E-state index contributed by atoms with van der Waals surface area (Å²) < 4.78 is 5.48. The van der Waals surface area contributed by atoms with Crippen molar-refractivity contribution in [2.75, 3.05) is 23.9 Å². The molecular weight excluding hydrogens is 558 g/mol. The van der Waals surface area contributed by atoms with Gasteiger partial charge in [-0.2, -0.15) is 11.8 Å². The number of thioether (sulfide) groups is 1. The highest BCUT2D eigenvalue weighted by atomic mass is 35.5. The lowest BCUT2D eigenvalue weighted by molar-refractivity contribution is -0.141. The summed E-state index contributed by atoms with van der Waals surface area (Å²) in [6.07, 6.45) is 5.10. The summed E-state index contributed by atoms with van der Waals surface area (Å²) in [6, 6.07) is 11.4. The third-order valence-electron chi connectivity index (χ3n) is 6.62. The van der Waals surface area contributed by atoms with Gasteiger partial charge in [0.1, 0.15) is 17.7 Å². The molecule has 2 aromatic carbocycles. The van der Waals surface area contributed by atoms with Gasteiger partial charge in [0.05, 0.1) is 10.7 Å². The number of aryl methyl sites for hydroxylation is 2. The third-order valence-corrected chi connectivity index (χ3v) is 7.58. The Morgan fingerprint density at radius 3 is 2.29 bits per heavy atom. The Bertz CT molecular complexity index is 1130. The first-order valence-electron chi connectivity index (χ1n) is 14.4. The Morgan fingerprint density at radius 1 is 1.05 bits per heavy atom. The molecule has 2 N–H and O–H groups in total. The zero-order valence-electron chi connectivity index (χ0n) is 25.5. The summed E-state index contributed by atoms with van der Waals surface area (Å²) in [5.41, 5.74) is 2.44. The maximum Gasteiger partial charge on any atom is 0.408 e. The van der Waals surface area contributed by atoms with Crippen molar-refractivity contribution in [2.24, 2.45) is 0 Å². The van der Waals surface area contributed by atoms with E-state index in [9.17, 15) is 14.4 Å². The molecule has 0 aliphatic carbocycles. The summed E-state index contributed by atoms with van der Waals surface area (Å²) >= 11 is 8.05. The average Bonchev–Trinajstić information content (AvgIpc) is 2.91. The molecule has 2 unspecified atom stereocenters. The third kappa shape index (κ3) is 10.9. The van der Waals surface area contributed by atoms with Gasteiger partial charge in [0.15, 0.2) is 0 Å². The van der Waals surface area contributed by atoms with Crippen LogP contribution in [-0.4, -0.2) is 53.0 Å². The fourth-order valence-corrected chi connectivity index (χ4v) is 5.17.